The first-order valence-electron chi connectivity index (χ1n) is 4.13. The summed E-state index contributed by atoms with van der Waals surface area (Å²) in [7, 11) is 1.63. The van der Waals surface area contributed by atoms with Gasteiger partial charge in [0.15, 0.2) is 0 Å². The third-order valence-corrected chi connectivity index (χ3v) is 2.06. The van der Waals surface area contributed by atoms with Gasteiger partial charge in [0.2, 0.25) is 0 Å². The van der Waals surface area contributed by atoms with Gasteiger partial charge in [-0.1, -0.05) is 12.1 Å². The summed E-state index contributed by atoms with van der Waals surface area (Å²) in [6.45, 7) is 10.8. The Labute approximate surface area is 79.0 Å². The molecule has 0 aliphatic rings. The van der Waals surface area contributed by atoms with Gasteiger partial charge in [0.25, 0.3) is 5.54 Å². The molecule has 1 aromatic rings. The van der Waals surface area contributed by atoms with Crippen molar-refractivity contribution in [2.45, 2.75) is 19.4 Å². The van der Waals surface area contributed by atoms with Crippen molar-refractivity contribution >= 4 is 0 Å². The molecule has 0 bridgehead atoms. The summed E-state index contributed by atoms with van der Waals surface area (Å²) in [6, 6.07) is 7.63. The second-order valence-corrected chi connectivity index (χ2v) is 3.40. The summed E-state index contributed by atoms with van der Waals surface area (Å²) in [6.07, 6.45) is 0. The fourth-order valence-corrected chi connectivity index (χ4v) is 1.07. The van der Waals surface area contributed by atoms with E-state index in [2.05, 4.69) is 4.85 Å². The van der Waals surface area contributed by atoms with Crippen molar-refractivity contribution in [2.24, 2.45) is 0 Å². The lowest BCUT2D eigenvalue weighted by Crippen LogP contribution is -2.10. The summed E-state index contributed by atoms with van der Waals surface area (Å²) in [5.41, 5.74) is 0.524. The monoisotopic (exact) mass is 175 g/mol. The van der Waals surface area contributed by atoms with Gasteiger partial charge in [0.1, 0.15) is 5.75 Å². The molecule has 0 unspecified atom stereocenters. The highest BCUT2D eigenvalue weighted by atomic mass is 16.5. The summed E-state index contributed by atoms with van der Waals surface area (Å²) in [4.78, 5) is 3.56. The van der Waals surface area contributed by atoms with Crippen LogP contribution in [-0.2, 0) is 5.54 Å². The van der Waals surface area contributed by atoms with Crippen LogP contribution in [0.25, 0.3) is 4.85 Å². The van der Waals surface area contributed by atoms with Crippen molar-refractivity contribution in [3.05, 3.63) is 41.2 Å². The molecule has 0 amide bonds. The molecular formula is C11H13NO. The van der Waals surface area contributed by atoms with Gasteiger partial charge >= 0.3 is 0 Å². The maximum absolute atomic E-state index is 7.05. The molecule has 0 radical (unpaired) electrons. The van der Waals surface area contributed by atoms with Crippen LogP contribution in [0, 0.1) is 6.57 Å². The number of hydrogen-bond donors (Lipinski definition) is 0. The van der Waals surface area contributed by atoms with Crippen molar-refractivity contribution in [3.63, 3.8) is 0 Å². The van der Waals surface area contributed by atoms with E-state index < -0.39 is 5.54 Å². The van der Waals surface area contributed by atoms with Crippen molar-refractivity contribution in [3.8, 4) is 5.75 Å². The number of ether oxygens (including phenoxy) is 1. The Hall–Kier alpha value is -1.49. The molecule has 0 aliphatic heterocycles. The SMILES string of the molecule is [C-]#[N+]C(C)(C)c1cccc(OC)c1. The zero-order chi connectivity index (χ0) is 9.90. The second-order valence-electron chi connectivity index (χ2n) is 3.40. The predicted octanol–water partition coefficient (Wildman–Crippen LogP) is 2.85. The molecule has 2 nitrogen and oxygen atoms in total. The lowest BCUT2D eigenvalue weighted by molar-refractivity contribution is 0.413. The Morgan fingerprint density at radius 1 is 1.38 bits per heavy atom. The maximum Gasteiger partial charge on any atom is 0.252 e. The lowest BCUT2D eigenvalue weighted by atomic mass is 9.95. The lowest BCUT2D eigenvalue weighted by Gasteiger charge is -2.12. The molecule has 0 saturated heterocycles. The zero-order valence-corrected chi connectivity index (χ0v) is 8.16. The third-order valence-electron chi connectivity index (χ3n) is 2.06. The first-order valence-corrected chi connectivity index (χ1v) is 4.13. The summed E-state index contributed by atoms with van der Waals surface area (Å²) in [5, 5.41) is 0. The van der Waals surface area contributed by atoms with E-state index in [4.69, 9.17) is 11.3 Å². The van der Waals surface area contributed by atoms with Crippen LogP contribution >= 0.6 is 0 Å². The topological polar surface area (TPSA) is 13.6 Å². The van der Waals surface area contributed by atoms with E-state index in [9.17, 15) is 0 Å². The van der Waals surface area contributed by atoms with Crippen molar-refractivity contribution in [2.75, 3.05) is 7.11 Å². The van der Waals surface area contributed by atoms with Gasteiger partial charge in [0, 0.05) is 19.4 Å². The first-order chi connectivity index (χ1) is 6.10. The standard InChI is InChI=1S/C11H13NO/c1-11(2,12-3)9-6-5-7-10(8-9)13-4/h5-8H,1-2,4H3. The number of nitrogens with zero attached hydrogens (tertiary/aromatic N) is 1. The van der Waals surface area contributed by atoms with E-state index >= 15 is 0 Å². The number of hydrogen-bond acceptors (Lipinski definition) is 1. The zero-order valence-electron chi connectivity index (χ0n) is 8.16. The van der Waals surface area contributed by atoms with E-state index in [1.807, 2.05) is 38.1 Å². The van der Waals surface area contributed by atoms with Crippen LogP contribution in [0.5, 0.6) is 5.75 Å². The summed E-state index contributed by atoms with van der Waals surface area (Å²) >= 11 is 0. The summed E-state index contributed by atoms with van der Waals surface area (Å²) < 4.78 is 5.09. The molecule has 0 aromatic heterocycles. The Kier molecular flexibility index (Phi) is 2.57. The average Bonchev–Trinajstić information content (AvgIpc) is 2.18. The Morgan fingerprint density at radius 2 is 2.08 bits per heavy atom. The largest absolute Gasteiger partial charge is 0.497 e. The molecule has 0 saturated carbocycles. The van der Waals surface area contributed by atoms with E-state index in [0.29, 0.717) is 0 Å². The van der Waals surface area contributed by atoms with Gasteiger partial charge in [-0.15, -0.1) is 0 Å². The van der Waals surface area contributed by atoms with Crippen LogP contribution < -0.4 is 4.74 Å². The molecule has 0 fully saturated rings. The van der Waals surface area contributed by atoms with Crippen molar-refractivity contribution in [1.29, 1.82) is 0 Å². The molecule has 0 N–H and O–H groups in total. The fraction of sp³-hybridized carbons (Fsp3) is 0.364. The molecule has 1 aromatic carbocycles. The number of benzene rings is 1. The highest BCUT2D eigenvalue weighted by Gasteiger charge is 2.25. The minimum absolute atomic E-state index is 0.464. The van der Waals surface area contributed by atoms with Crippen LogP contribution in [0.2, 0.25) is 0 Å². The average molecular weight is 175 g/mol. The third kappa shape index (κ3) is 2.00. The minimum Gasteiger partial charge on any atom is -0.497 e. The summed E-state index contributed by atoms with van der Waals surface area (Å²) in [5.74, 6) is 0.800. The van der Waals surface area contributed by atoms with Gasteiger partial charge in [-0.25, -0.2) is 6.57 Å². The maximum atomic E-state index is 7.05. The van der Waals surface area contributed by atoms with Crippen LogP contribution in [0.15, 0.2) is 24.3 Å². The van der Waals surface area contributed by atoms with E-state index in [-0.39, 0.29) is 0 Å². The normalized spacial score (nSPS) is 10.6. The quantitative estimate of drug-likeness (QED) is 0.630. The predicted molar refractivity (Wildman–Crippen MR) is 52.6 cm³/mol. The van der Waals surface area contributed by atoms with Crippen LogP contribution in [0.4, 0.5) is 0 Å². The molecular weight excluding hydrogens is 162 g/mol. The van der Waals surface area contributed by atoms with Gasteiger partial charge in [-0.05, 0) is 12.1 Å². The van der Waals surface area contributed by atoms with E-state index in [1.165, 1.54) is 0 Å². The Morgan fingerprint density at radius 3 is 2.62 bits per heavy atom. The van der Waals surface area contributed by atoms with Crippen molar-refractivity contribution < 1.29 is 4.74 Å². The smallest absolute Gasteiger partial charge is 0.252 e. The fourth-order valence-electron chi connectivity index (χ4n) is 1.07. The van der Waals surface area contributed by atoms with Gasteiger partial charge in [0.05, 0.1) is 7.11 Å². The minimum atomic E-state index is -0.464. The molecule has 0 heterocycles. The molecule has 13 heavy (non-hydrogen) atoms. The van der Waals surface area contributed by atoms with E-state index in [1.54, 1.807) is 7.11 Å². The van der Waals surface area contributed by atoms with Gasteiger partial charge in [-0.2, -0.15) is 0 Å². The number of methoxy groups -OCH3 is 1. The Bertz CT molecular complexity index is 336. The highest BCUT2D eigenvalue weighted by Crippen LogP contribution is 2.27. The Balaban J connectivity index is 3.10. The molecule has 0 atom stereocenters. The van der Waals surface area contributed by atoms with Gasteiger partial charge in [-0.3, -0.25) is 0 Å². The molecule has 2 heteroatoms. The van der Waals surface area contributed by atoms with Crippen LogP contribution in [-0.4, -0.2) is 7.11 Å². The van der Waals surface area contributed by atoms with E-state index in [0.717, 1.165) is 11.3 Å². The first kappa shape index (κ1) is 9.60. The second kappa shape index (κ2) is 3.49. The highest BCUT2D eigenvalue weighted by molar-refractivity contribution is 5.34. The molecule has 0 spiro atoms. The van der Waals surface area contributed by atoms with Crippen molar-refractivity contribution in [1.82, 2.24) is 0 Å². The molecule has 1 rings (SSSR count). The molecule has 68 valence electrons. The van der Waals surface area contributed by atoms with Crippen LogP contribution in [0.3, 0.4) is 0 Å². The molecule has 0 aliphatic carbocycles. The van der Waals surface area contributed by atoms with Gasteiger partial charge < -0.3 is 9.58 Å². The van der Waals surface area contributed by atoms with Crippen LogP contribution in [0.1, 0.15) is 19.4 Å². The number of rotatable bonds is 2.